The molecule has 1 N–H and O–H groups in total. The lowest BCUT2D eigenvalue weighted by atomic mass is 9.81. The molecule has 1 aromatic carbocycles. The van der Waals surface area contributed by atoms with E-state index >= 15 is 0 Å². The molecule has 4 aromatic rings. The van der Waals surface area contributed by atoms with E-state index in [0.29, 0.717) is 40.9 Å². The first-order valence-electron chi connectivity index (χ1n) is 13.6. The van der Waals surface area contributed by atoms with Gasteiger partial charge in [-0.2, -0.15) is 0 Å². The van der Waals surface area contributed by atoms with E-state index in [0.717, 1.165) is 30.6 Å². The summed E-state index contributed by atoms with van der Waals surface area (Å²) in [5.41, 5.74) is 2.11. The van der Waals surface area contributed by atoms with Gasteiger partial charge >= 0.3 is 0 Å². The van der Waals surface area contributed by atoms with Crippen molar-refractivity contribution in [3.63, 3.8) is 0 Å². The smallest absolute Gasteiger partial charge is 0.295 e. The van der Waals surface area contributed by atoms with Crippen molar-refractivity contribution in [3.8, 4) is 23.0 Å². The fourth-order valence-electron chi connectivity index (χ4n) is 5.32. The maximum absolute atomic E-state index is 13.5. The van der Waals surface area contributed by atoms with Crippen LogP contribution < -0.4 is 15.6 Å². The van der Waals surface area contributed by atoms with Crippen LogP contribution in [0.4, 0.5) is 5.69 Å². The number of carbonyl (C=O) groups excluding carboxylic acids is 1. The molecule has 2 atom stereocenters. The number of ether oxygens (including phenoxy) is 1. The third-order valence-electron chi connectivity index (χ3n) is 7.20. The minimum Gasteiger partial charge on any atom is -0.474 e. The average Bonchev–Trinajstić information content (AvgIpc) is 3.53. The molecule has 1 aliphatic carbocycles. The van der Waals surface area contributed by atoms with Crippen molar-refractivity contribution in [1.82, 2.24) is 24.5 Å². The van der Waals surface area contributed by atoms with Crippen LogP contribution in [0.3, 0.4) is 0 Å². The van der Waals surface area contributed by atoms with Crippen LogP contribution in [0.15, 0.2) is 51.8 Å². The zero-order chi connectivity index (χ0) is 28.4. The molecule has 0 radical (unpaired) electrons. The van der Waals surface area contributed by atoms with Crippen LogP contribution in [0.5, 0.6) is 5.88 Å². The summed E-state index contributed by atoms with van der Waals surface area (Å²) >= 11 is 6.18. The number of carbonyl (C=O) groups is 1. The molecular weight excluding hydrogens is 532 g/mol. The first-order valence-corrected chi connectivity index (χ1v) is 14.0. The number of hydrogen-bond donors (Lipinski definition) is 1. The molecule has 0 unspecified atom stereocenters. The summed E-state index contributed by atoms with van der Waals surface area (Å²) < 4.78 is 15.3. The van der Waals surface area contributed by atoms with Gasteiger partial charge in [0.05, 0.1) is 22.5 Å². The molecule has 0 saturated heterocycles. The van der Waals surface area contributed by atoms with Gasteiger partial charge in [-0.15, -0.1) is 10.2 Å². The number of anilines is 1. The van der Waals surface area contributed by atoms with Crippen LogP contribution in [0.25, 0.3) is 17.1 Å². The minimum atomic E-state index is -0.295. The van der Waals surface area contributed by atoms with Gasteiger partial charge in [-0.05, 0) is 57.7 Å². The molecule has 1 saturated carbocycles. The van der Waals surface area contributed by atoms with Crippen LogP contribution in [0.1, 0.15) is 64.0 Å². The Hall–Kier alpha value is -3.92. The summed E-state index contributed by atoms with van der Waals surface area (Å²) in [6, 6.07) is 11.1. The fraction of sp³-hybridized carbons (Fsp3) is 0.414. The second-order valence-corrected chi connectivity index (χ2v) is 10.8. The molecule has 5 rings (SSSR count). The number of aromatic nitrogens is 5. The highest BCUT2D eigenvalue weighted by atomic mass is 35.5. The molecule has 1 fully saturated rings. The summed E-state index contributed by atoms with van der Waals surface area (Å²) in [4.78, 5) is 31.1. The average molecular weight is 565 g/mol. The molecule has 10 nitrogen and oxygen atoms in total. The standard InChI is InChI=1S/C29H33ClN6O4/c1-5-23-24(29(38)36(35(23)4)21-12-7-6-8-13-21)32-25(37)18-10-9-11-19(14-18)26-33-34-28(40-26)22-15-20(30)16-31-27(22)39-17(2)3/h6-8,12-13,15-19H,5,9-11,14H2,1-4H3,(H,32,37)/t18-,19+/m1/s1. The van der Waals surface area contributed by atoms with E-state index in [2.05, 4.69) is 20.5 Å². The molecule has 210 valence electrons. The van der Waals surface area contributed by atoms with Gasteiger partial charge in [0, 0.05) is 25.1 Å². The number of halogens is 1. The first kappa shape index (κ1) is 27.6. The fourth-order valence-corrected chi connectivity index (χ4v) is 5.48. The monoisotopic (exact) mass is 564 g/mol. The van der Waals surface area contributed by atoms with Crippen LogP contribution in [-0.4, -0.2) is 36.6 Å². The Morgan fingerprint density at radius 3 is 2.73 bits per heavy atom. The van der Waals surface area contributed by atoms with E-state index in [1.165, 1.54) is 6.20 Å². The predicted octanol–water partition coefficient (Wildman–Crippen LogP) is 5.54. The first-order chi connectivity index (χ1) is 19.3. The van der Waals surface area contributed by atoms with Crippen molar-refractivity contribution >= 4 is 23.2 Å². The number of amides is 1. The van der Waals surface area contributed by atoms with E-state index in [-0.39, 0.29) is 35.3 Å². The summed E-state index contributed by atoms with van der Waals surface area (Å²) in [5.74, 6) is 0.542. The third-order valence-corrected chi connectivity index (χ3v) is 7.41. The number of para-hydroxylation sites is 1. The summed E-state index contributed by atoms with van der Waals surface area (Å²) in [6.45, 7) is 5.78. The quantitative estimate of drug-likeness (QED) is 0.299. The number of rotatable bonds is 8. The highest BCUT2D eigenvalue weighted by Crippen LogP contribution is 2.38. The van der Waals surface area contributed by atoms with Crippen molar-refractivity contribution in [2.24, 2.45) is 13.0 Å². The number of pyridine rings is 1. The summed E-state index contributed by atoms with van der Waals surface area (Å²) in [7, 11) is 1.83. The Kier molecular flexibility index (Phi) is 8.07. The Balaban J connectivity index is 1.35. The molecule has 11 heteroatoms. The second-order valence-electron chi connectivity index (χ2n) is 10.3. The zero-order valence-electron chi connectivity index (χ0n) is 23.1. The molecule has 3 heterocycles. The lowest BCUT2D eigenvalue weighted by Crippen LogP contribution is -2.30. The Morgan fingerprint density at radius 2 is 2.00 bits per heavy atom. The molecule has 0 spiro atoms. The van der Waals surface area contributed by atoms with Gasteiger partial charge in [-0.1, -0.05) is 43.1 Å². The molecule has 3 aromatic heterocycles. The van der Waals surface area contributed by atoms with Crippen LogP contribution in [0, 0.1) is 5.92 Å². The third kappa shape index (κ3) is 5.54. The van der Waals surface area contributed by atoms with Gasteiger partial charge < -0.3 is 14.5 Å². The normalized spacial score (nSPS) is 17.2. The van der Waals surface area contributed by atoms with Gasteiger partial charge in [0.1, 0.15) is 11.3 Å². The number of nitrogens with one attached hydrogen (secondary N) is 1. The SMILES string of the molecule is CCc1c(NC(=O)[C@@H]2CCC[C@H](c3nnc(-c4cc(Cl)cnc4OC(C)C)o3)C2)c(=O)n(-c2ccccc2)n1C. The van der Waals surface area contributed by atoms with E-state index in [9.17, 15) is 9.59 Å². The maximum Gasteiger partial charge on any atom is 0.295 e. The van der Waals surface area contributed by atoms with Gasteiger partial charge in [-0.3, -0.25) is 14.3 Å². The highest BCUT2D eigenvalue weighted by molar-refractivity contribution is 6.30. The number of benzene rings is 1. The van der Waals surface area contributed by atoms with E-state index < -0.39 is 0 Å². The van der Waals surface area contributed by atoms with Crippen molar-refractivity contribution in [1.29, 1.82) is 0 Å². The lowest BCUT2D eigenvalue weighted by Gasteiger charge is -2.26. The summed E-state index contributed by atoms with van der Waals surface area (Å²) in [6.07, 6.45) is 4.91. The maximum atomic E-state index is 13.5. The van der Waals surface area contributed by atoms with Gasteiger partial charge in [0.25, 0.3) is 11.4 Å². The van der Waals surface area contributed by atoms with E-state index in [1.54, 1.807) is 15.4 Å². The van der Waals surface area contributed by atoms with Crippen molar-refractivity contribution in [2.45, 2.75) is 64.9 Å². The van der Waals surface area contributed by atoms with Gasteiger partial charge in [0.2, 0.25) is 17.7 Å². The van der Waals surface area contributed by atoms with E-state index in [1.807, 2.05) is 58.2 Å². The van der Waals surface area contributed by atoms with Crippen molar-refractivity contribution in [3.05, 3.63) is 69.6 Å². The molecule has 1 aliphatic rings. The summed E-state index contributed by atoms with van der Waals surface area (Å²) in [5, 5.41) is 11.9. The van der Waals surface area contributed by atoms with Gasteiger partial charge in [0.15, 0.2) is 0 Å². The van der Waals surface area contributed by atoms with Crippen molar-refractivity contribution < 1.29 is 13.9 Å². The number of nitrogens with zero attached hydrogens (tertiary/aromatic N) is 5. The van der Waals surface area contributed by atoms with Gasteiger partial charge in [-0.25, -0.2) is 9.67 Å². The van der Waals surface area contributed by atoms with Crippen LogP contribution >= 0.6 is 11.6 Å². The topological polar surface area (TPSA) is 117 Å². The highest BCUT2D eigenvalue weighted by Gasteiger charge is 2.33. The molecular formula is C29H33ClN6O4. The van der Waals surface area contributed by atoms with Crippen molar-refractivity contribution in [2.75, 3.05) is 5.32 Å². The molecule has 1 amide bonds. The van der Waals surface area contributed by atoms with Crippen LogP contribution in [0.2, 0.25) is 5.02 Å². The molecule has 0 aliphatic heterocycles. The lowest BCUT2D eigenvalue weighted by molar-refractivity contribution is -0.121. The zero-order valence-corrected chi connectivity index (χ0v) is 23.8. The van der Waals surface area contributed by atoms with Crippen LogP contribution in [-0.2, 0) is 18.3 Å². The Morgan fingerprint density at radius 1 is 1.23 bits per heavy atom. The predicted molar refractivity (Wildman–Crippen MR) is 152 cm³/mol. The molecule has 0 bridgehead atoms. The Bertz CT molecular complexity index is 1560. The second kappa shape index (κ2) is 11.7. The largest absolute Gasteiger partial charge is 0.474 e. The number of hydrogen-bond acceptors (Lipinski definition) is 7. The van der Waals surface area contributed by atoms with E-state index in [4.69, 9.17) is 20.8 Å². The molecule has 40 heavy (non-hydrogen) atoms. The Labute approximate surface area is 237 Å². The minimum absolute atomic E-state index is 0.0882.